The van der Waals surface area contributed by atoms with Crippen molar-refractivity contribution in [2.24, 2.45) is 0 Å². The molecule has 3 aromatic rings. The maximum atomic E-state index is 13.6. The van der Waals surface area contributed by atoms with Crippen LogP contribution in [-0.2, 0) is 14.9 Å². The Morgan fingerprint density at radius 1 is 1.00 bits per heavy atom. The third kappa shape index (κ3) is 4.39. The largest absolute Gasteiger partial charge is 0.496 e. The lowest BCUT2D eigenvalue weighted by Crippen LogP contribution is -2.43. The molecule has 1 fully saturated rings. The summed E-state index contributed by atoms with van der Waals surface area (Å²) in [5.74, 6) is 1.03. The first kappa shape index (κ1) is 23.4. The van der Waals surface area contributed by atoms with Gasteiger partial charge in [0.25, 0.3) is 0 Å². The predicted molar refractivity (Wildman–Crippen MR) is 139 cm³/mol. The van der Waals surface area contributed by atoms with E-state index in [-0.39, 0.29) is 17.4 Å². The minimum Gasteiger partial charge on any atom is -0.496 e. The van der Waals surface area contributed by atoms with Gasteiger partial charge in [-0.15, -0.1) is 0 Å². The second-order valence-corrected chi connectivity index (χ2v) is 9.84. The summed E-state index contributed by atoms with van der Waals surface area (Å²) < 4.78 is 11.6. The smallest absolute Gasteiger partial charge is 0.322 e. The Hall–Kier alpha value is -3.37. The number of nitrogens with zero attached hydrogens (tertiary/aromatic N) is 1. The quantitative estimate of drug-likeness (QED) is 0.417. The SMILES string of the molecule is COc1ccc([C@@]23CC=C(OC(=O)C(c4ccccc4)c4ccccc4)C[C@@H]2N(C)CC3)cc1C. The Morgan fingerprint density at radius 3 is 2.26 bits per heavy atom. The van der Waals surface area contributed by atoms with Crippen molar-refractivity contribution in [1.29, 1.82) is 0 Å². The fourth-order valence-corrected chi connectivity index (χ4v) is 5.95. The molecule has 2 aliphatic rings. The van der Waals surface area contributed by atoms with Gasteiger partial charge in [-0.1, -0.05) is 72.8 Å². The highest BCUT2D eigenvalue weighted by Crippen LogP contribution is 2.49. The van der Waals surface area contributed by atoms with Crippen molar-refractivity contribution in [2.45, 2.75) is 43.6 Å². The molecule has 1 saturated heterocycles. The van der Waals surface area contributed by atoms with E-state index < -0.39 is 5.92 Å². The number of carbonyl (C=O) groups is 1. The number of aryl methyl sites for hydroxylation is 1. The molecule has 1 aliphatic carbocycles. The predicted octanol–water partition coefficient (Wildman–Crippen LogP) is 6.00. The van der Waals surface area contributed by atoms with Crippen LogP contribution in [0.5, 0.6) is 5.75 Å². The van der Waals surface area contributed by atoms with Gasteiger partial charge in [-0.3, -0.25) is 4.79 Å². The van der Waals surface area contributed by atoms with Crippen molar-refractivity contribution >= 4 is 5.97 Å². The van der Waals surface area contributed by atoms with E-state index in [1.54, 1.807) is 7.11 Å². The van der Waals surface area contributed by atoms with Crippen molar-refractivity contribution in [2.75, 3.05) is 20.7 Å². The summed E-state index contributed by atoms with van der Waals surface area (Å²) in [4.78, 5) is 16.0. The number of rotatable bonds is 6. The maximum absolute atomic E-state index is 13.6. The van der Waals surface area contributed by atoms with Crippen molar-refractivity contribution < 1.29 is 14.3 Å². The molecule has 0 radical (unpaired) electrons. The van der Waals surface area contributed by atoms with Crippen LogP contribution in [0.15, 0.2) is 90.7 Å². The molecule has 0 spiro atoms. The molecule has 3 aromatic carbocycles. The Labute approximate surface area is 208 Å². The fourth-order valence-electron chi connectivity index (χ4n) is 5.95. The molecular weight excluding hydrogens is 434 g/mol. The first-order chi connectivity index (χ1) is 17.0. The van der Waals surface area contributed by atoms with Crippen molar-refractivity contribution in [3.63, 3.8) is 0 Å². The zero-order chi connectivity index (χ0) is 24.4. The number of hydrogen-bond acceptors (Lipinski definition) is 4. The number of methoxy groups -OCH3 is 1. The van der Waals surface area contributed by atoms with E-state index in [0.29, 0.717) is 0 Å². The summed E-state index contributed by atoms with van der Waals surface area (Å²) in [6.45, 7) is 3.13. The molecule has 35 heavy (non-hydrogen) atoms. The number of esters is 1. The Bertz CT molecular complexity index is 1180. The number of likely N-dealkylation sites (tertiary alicyclic amines) is 1. The summed E-state index contributed by atoms with van der Waals surface area (Å²) >= 11 is 0. The van der Waals surface area contributed by atoms with Crippen LogP contribution in [0, 0.1) is 6.92 Å². The number of fused-ring (bicyclic) bond motifs is 1. The molecule has 180 valence electrons. The molecule has 0 amide bonds. The van der Waals surface area contributed by atoms with Gasteiger partial charge in [0.05, 0.1) is 7.11 Å². The maximum Gasteiger partial charge on any atom is 0.322 e. The van der Waals surface area contributed by atoms with Gasteiger partial charge in [-0.2, -0.15) is 0 Å². The molecule has 0 N–H and O–H groups in total. The van der Waals surface area contributed by atoms with Crippen molar-refractivity contribution in [3.05, 3.63) is 113 Å². The van der Waals surface area contributed by atoms with Gasteiger partial charge >= 0.3 is 5.97 Å². The van der Waals surface area contributed by atoms with E-state index in [0.717, 1.165) is 54.0 Å². The van der Waals surface area contributed by atoms with Crippen molar-refractivity contribution in [3.8, 4) is 5.75 Å². The normalized spacial score (nSPS) is 21.9. The van der Waals surface area contributed by atoms with Gasteiger partial charge in [0.15, 0.2) is 0 Å². The van der Waals surface area contributed by atoms with Crippen LogP contribution < -0.4 is 4.74 Å². The van der Waals surface area contributed by atoms with Crippen LogP contribution in [0.3, 0.4) is 0 Å². The average molecular weight is 468 g/mol. The number of hydrogen-bond donors (Lipinski definition) is 0. The molecule has 4 nitrogen and oxygen atoms in total. The van der Waals surface area contributed by atoms with Gasteiger partial charge in [-0.05, 0) is 67.8 Å². The third-order valence-corrected chi connectivity index (χ3v) is 7.87. The second-order valence-electron chi connectivity index (χ2n) is 9.84. The van der Waals surface area contributed by atoms with Gasteiger partial charge in [0, 0.05) is 17.9 Å². The van der Waals surface area contributed by atoms with E-state index >= 15 is 0 Å². The first-order valence-corrected chi connectivity index (χ1v) is 12.4. The Morgan fingerprint density at radius 2 is 1.66 bits per heavy atom. The zero-order valence-corrected chi connectivity index (χ0v) is 20.7. The highest BCUT2D eigenvalue weighted by Gasteiger charge is 2.49. The van der Waals surface area contributed by atoms with Crippen LogP contribution >= 0.6 is 0 Å². The number of allylic oxidation sites excluding steroid dienone is 1. The van der Waals surface area contributed by atoms with Gasteiger partial charge < -0.3 is 14.4 Å². The molecule has 4 heteroatoms. The topological polar surface area (TPSA) is 38.8 Å². The summed E-state index contributed by atoms with van der Waals surface area (Å²) in [6.07, 6.45) is 4.83. The van der Waals surface area contributed by atoms with E-state index in [2.05, 4.69) is 43.1 Å². The fraction of sp³-hybridized carbons (Fsp3) is 0.323. The number of carbonyl (C=O) groups excluding carboxylic acids is 1. The monoisotopic (exact) mass is 467 g/mol. The lowest BCUT2D eigenvalue weighted by Gasteiger charge is -2.41. The molecule has 0 aromatic heterocycles. The zero-order valence-electron chi connectivity index (χ0n) is 20.7. The van der Waals surface area contributed by atoms with Gasteiger partial charge in [-0.25, -0.2) is 0 Å². The van der Waals surface area contributed by atoms with E-state index in [1.165, 1.54) is 5.56 Å². The lowest BCUT2D eigenvalue weighted by molar-refractivity contribution is -0.140. The Kier molecular flexibility index (Phi) is 6.48. The minimum absolute atomic E-state index is 0.0277. The molecule has 0 saturated carbocycles. The highest BCUT2D eigenvalue weighted by molar-refractivity contribution is 5.83. The molecular formula is C31H33NO3. The summed E-state index contributed by atoms with van der Waals surface area (Å²) in [5.41, 5.74) is 4.42. The summed E-state index contributed by atoms with van der Waals surface area (Å²) in [7, 11) is 3.90. The summed E-state index contributed by atoms with van der Waals surface area (Å²) in [6, 6.07) is 26.7. The Balaban J connectivity index is 1.42. The van der Waals surface area contributed by atoms with Crippen LogP contribution in [0.2, 0.25) is 0 Å². The van der Waals surface area contributed by atoms with Crippen molar-refractivity contribution in [1.82, 2.24) is 4.90 Å². The molecule has 1 heterocycles. The highest BCUT2D eigenvalue weighted by atomic mass is 16.5. The molecule has 0 bridgehead atoms. The van der Waals surface area contributed by atoms with Gasteiger partial charge in [0.1, 0.15) is 17.4 Å². The van der Waals surface area contributed by atoms with E-state index in [1.807, 2.05) is 60.7 Å². The average Bonchev–Trinajstić information content (AvgIpc) is 3.22. The minimum atomic E-state index is -0.449. The molecule has 5 rings (SSSR count). The van der Waals surface area contributed by atoms with Crippen LogP contribution in [0.4, 0.5) is 0 Å². The third-order valence-electron chi connectivity index (χ3n) is 7.87. The standard InChI is InChI=1S/C31H33NO3/c1-22-20-25(14-15-27(22)34-3)31-17-16-26(21-28(31)32(2)19-18-31)35-30(33)29(23-10-6-4-7-11-23)24-12-8-5-9-13-24/h4-16,20,28-29H,17-19,21H2,1-3H3/t28-,31-/m0/s1. The van der Waals surface area contributed by atoms with Crippen LogP contribution in [0.25, 0.3) is 0 Å². The lowest BCUT2D eigenvalue weighted by atomic mass is 9.68. The van der Waals surface area contributed by atoms with E-state index in [4.69, 9.17) is 9.47 Å². The summed E-state index contributed by atoms with van der Waals surface area (Å²) in [5, 5.41) is 0. The molecule has 1 aliphatic heterocycles. The number of ether oxygens (including phenoxy) is 2. The second kappa shape index (κ2) is 9.71. The number of likely N-dealkylation sites (N-methyl/N-ethyl adjacent to an activating group) is 1. The number of benzene rings is 3. The molecule has 0 unspecified atom stereocenters. The first-order valence-electron chi connectivity index (χ1n) is 12.4. The van der Waals surface area contributed by atoms with Gasteiger partial charge in [0.2, 0.25) is 0 Å². The van der Waals surface area contributed by atoms with Crippen LogP contribution in [-0.4, -0.2) is 37.6 Å². The van der Waals surface area contributed by atoms with Crippen LogP contribution in [0.1, 0.15) is 47.4 Å². The molecule has 2 atom stereocenters. The van der Waals surface area contributed by atoms with E-state index in [9.17, 15) is 4.79 Å².